The second-order valence-electron chi connectivity index (χ2n) is 5.26. The Hall–Kier alpha value is -1.33. The number of benzene rings is 1. The van der Waals surface area contributed by atoms with E-state index in [1.165, 1.54) is 0 Å². The zero-order chi connectivity index (χ0) is 13.9. The first-order valence-corrected chi connectivity index (χ1v) is 6.84. The van der Waals surface area contributed by atoms with Crippen LogP contribution in [0.2, 0.25) is 0 Å². The molecule has 0 radical (unpaired) electrons. The third kappa shape index (κ3) is 4.69. The molecule has 1 aromatic heterocycles. The van der Waals surface area contributed by atoms with E-state index in [0.29, 0.717) is 12.3 Å². The Balaban J connectivity index is 1.95. The fraction of sp³-hybridized carbons (Fsp3) is 0.357. The van der Waals surface area contributed by atoms with E-state index in [1.807, 2.05) is 24.3 Å². The predicted octanol–water partition coefficient (Wildman–Crippen LogP) is 4.12. The number of halogens is 1. The Labute approximate surface area is 121 Å². The summed E-state index contributed by atoms with van der Waals surface area (Å²) in [5, 5.41) is 3.34. The molecule has 19 heavy (non-hydrogen) atoms. The molecule has 0 fully saturated rings. The van der Waals surface area contributed by atoms with Crippen LogP contribution in [-0.4, -0.2) is 10.5 Å². The van der Waals surface area contributed by atoms with E-state index in [4.69, 9.17) is 9.15 Å². The molecule has 2 rings (SSSR count). The first-order chi connectivity index (χ1) is 8.92. The number of aromatic nitrogens is 1. The fourth-order valence-electron chi connectivity index (χ4n) is 1.38. The van der Waals surface area contributed by atoms with Gasteiger partial charge in [0.25, 0.3) is 0 Å². The third-order valence-electron chi connectivity index (χ3n) is 2.35. The third-order valence-corrected chi connectivity index (χ3v) is 2.88. The second kappa shape index (κ2) is 5.75. The molecule has 5 heteroatoms. The van der Waals surface area contributed by atoms with Crippen molar-refractivity contribution in [1.29, 1.82) is 0 Å². The summed E-state index contributed by atoms with van der Waals surface area (Å²) in [7, 11) is 0. The van der Waals surface area contributed by atoms with Gasteiger partial charge in [0, 0.05) is 16.6 Å². The van der Waals surface area contributed by atoms with Crippen LogP contribution in [0.3, 0.4) is 0 Å². The maximum Gasteiger partial charge on any atom is 0.399 e. The summed E-state index contributed by atoms with van der Waals surface area (Å²) in [6.07, 6.45) is 1.86. The SMILES string of the molecule is CC(C)(C)NCc1coc(Oc2ccc(Br)cc2)n1. The van der Waals surface area contributed by atoms with E-state index in [9.17, 15) is 0 Å². The van der Waals surface area contributed by atoms with Gasteiger partial charge in [-0.25, -0.2) is 0 Å². The number of hydrogen-bond acceptors (Lipinski definition) is 4. The number of nitrogens with one attached hydrogen (secondary N) is 1. The first-order valence-electron chi connectivity index (χ1n) is 6.05. The van der Waals surface area contributed by atoms with Crippen molar-refractivity contribution < 1.29 is 9.15 Å². The van der Waals surface area contributed by atoms with Gasteiger partial charge >= 0.3 is 6.08 Å². The maximum absolute atomic E-state index is 5.52. The van der Waals surface area contributed by atoms with Gasteiger partial charge in [-0.1, -0.05) is 15.9 Å². The number of ether oxygens (including phenoxy) is 1. The molecule has 1 heterocycles. The van der Waals surface area contributed by atoms with Crippen LogP contribution >= 0.6 is 15.9 Å². The van der Waals surface area contributed by atoms with Crippen molar-refractivity contribution >= 4 is 15.9 Å². The highest BCUT2D eigenvalue weighted by Crippen LogP contribution is 2.22. The highest BCUT2D eigenvalue weighted by atomic mass is 79.9. The van der Waals surface area contributed by atoms with Crippen molar-refractivity contribution in [1.82, 2.24) is 10.3 Å². The lowest BCUT2D eigenvalue weighted by Gasteiger charge is -2.19. The summed E-state index contributed by atoms with van der Waals surface area (Å²) in [6.45, 7) is 6.96. The Kier molecular flexibility index (Phi) is 4.27. The van der Waals surface area contributed by atoms with E-state index in [0.717, 1.165) is 10.2 Å². The van der Waals surface area contributed by atoms with Gasteiger partial charge in [-0.2, -0.15) is 4.98 Å². The van der Waals surface area contributed by atoms with Crippen LogP contribution in [0, 0.1) is 0 Å². The summed E-state index contributed by atoms with van der Waals surface area (Å²) in [5.41, 5.74) is 0.869. The lowest BCUT2D eigenvalue weighted by molar-refractivity contribution is 0.330. The van der Waals surface area contributed by atoms with E-state index >= 15 is 0 Å². The van der Waals surface area contributed by atoms with Crippen LogP contribution in [-0.2, 0) is 6.54 Å². The predicted molar refractivity (Wildman–Crippen MR) is 77.3 cm³/mol. The summed E-state index contributed by atoms with van der Waals surface area (Å²) < 4.78 is 11.8. The molecule has 0 bridgehead atoms. The topological polar surface area (TPSA) is 47.3 Å². The van der Waals surface area contributed by atoms with Crippen molar-refractivity contribution in [3.05, 3.63) is 40.7 Å². The van der Waals surface area contributed by atoms with Crippen LogP contribution in [0.15, 0.2) is 39.4 Å². The van der Waals surface area contributed by atoms with Crippen LogP contribution in [0.5, 0.6) is 11.8 Å². The molecule has 0 spiro atoms. The van der Waals surface area contributed by atoms with Gasteiger partial charge in [-0.05, 0) is 45.0 Å². The summed E-state index contributed by atoms with van der Waals surface area (Å²) in [6, 6.07) is 7.50. The van der Waals surface area contributed by atoms with Crippen molar-refractivity contribution in [2.75, 3.05) is 0 Å². The van der Waals surface area contributed by atoms with Crippen LogP contribution < -0.4 is 10.1 Å². The number of rotatable bonds is 4. The van der Waals surface area contributed by atoms with Crippen molar-refractivity contribution in [3.63, 3.8) is 0 Å². The van der Waals surface area contributed by atoms with Crippen LogP contribution in [0.1, 0.15) is 26.5 Å². The first kappa shape index (κ1) is 14.1. The minimum atomic E-state index is 0.0473. The Morgan fingerprint density at radius 3 is 2.58 bits per heavy atom. The van der Waals surface area contributed by atoms with Gasteiger partial charge in [0.15, 0.2) is 0 Å². The molecule has 0 amide bonds. The van der Waals surface area contributed by atoms with E-state index in [-0.39, 0.29) is 11.6 Å². The molecule has 0 saturated heterocycles. The molecule has 0 saturated carbocycles. The zero-order valence-electron chi connectivity index (χ0n) is 11.2. The zero-order valence-corrected chi connectivity index (χ0v) is 12.8. The number of hydrogen-bond donors (Lipinski definition) is 1. The minimum absolute atomic E-state index is 0.0473. The average molecular weight is 325 g/mol. The number of nitrogens with zero attached hydrogens (tertiary/aromatic N) is 1. The molecule has 0 aliphatic carbocycles. The molecular formula is C14H17BrN2O2. The molecule has 0 aliphatic rings. The molecule has 102 valence electrons. The molecule has 0 unspecified atom stereocenters. The summed E-state index contributed by atoms with van der Waals surface area (Å²) in [5.74, 6) is 0.695. The second-order valence-corrected chi connectivity index (χ2v) is 6.18. The highest BCUT2D eigenvalue weighted by Gasteiger charge is 2.11. The summed E-state index contributed by atoms with van der Waals surface area (Å²) in [4.78, 5) is 4.27. The molecule has 0 aliphatic heterocycles. The van der Waals surface area contributed by atoms with E-state index < -0.39 is 0 Å². The minimum Gasteiger partial charge on any atom is -0.417 e. The van der Waals surface area contributed by atoms with Crippen molar-refractivity contribution in [2.45, 2.75) is 32.9 Å². The van der Waals surface area contributed by atoms with Gasteiger partial charge in [-0.3, -0.25) is 0 Å². The van der Waals surface area contributed by atoms with Gasteiger partial charge in [-0.15, -0.1) is 0 Å². The maximum atomic E-state index is 5.52. The van der Waals surface area contributed by atoms with Gasteiger partial charge in [0.1, 0.15) is 12.0 Å². The standard InChI is InChI=1S/C14H17BrN2O2/c1-14(2,3)16-8-11-9-18-13(17-11)19-12-6-4-10(15)5-7-12/h4-7,9,16H,8H2,1-3H3. The molecule has 4 nitrogen and oxygen atoms in total. The van der Waals surface area contributed by atoms with Crippen LogP contribution in [0.4, 0.5) is 0 Å². The van der Waals surface area contributed by atoms with Gasteiger partial charge < -0.3 is 14.5 Å². The Bertz CT molecular complexity index is 529. The van der Waals surface area contributed by atoms with Crippen molar-refractivity contribution in [3.8, 4) is 11.8 Å². The smallest absolute Gasteiger partial charge is 0.399 e. The Morgan fingerprint density at radius 2 is 1.95 bits per heavy atom. The summed E-state index contributed by atoms with van der Waals surface area (Å²) >= 11 is 3.37. The lowest BCUT2D eigenvalue weighted by Crippen LogP contribution is -2.35. The van der Waals surface area contributed by atoms with Crippen LogP contribution in [0.25, 0.3) is 0 Å². The van der Waals surface area contributed by atoms with E-state index in [2.05, 4.69) is 47.0 Å². The van der Waals surface area contributed by atoms with Gasteiger partial charge in [0.05, 0.1) is 5.69 Å². The Morgan fingerprint density at radius 1 is 1.26 bits per heavy atom. The lowest BCUT2D eigenvalue weighted by atomic mass is 10.1. The molecular weight excluding hydrogens is 308 g/mol. The normalized spacial score (nSPS) is 11.6. The molecule has 0 atom stereocenters. The molecule has 2 aromatic rings. The quantitative estimate of drug-likeness (QED) is 0.919. The largest absolute Gasteiger partial charge is 0.417 e. The molecule has 1 N–H and O–H groups in total. The van der Waals surface area contributed by atoms with Crippen molar-refractivity contribution in [2.24, 2.45) is 0 Å². The van der Waals surface area contributed by atoms with E-state index in [1.54, 1.807) is 6.26 Å². The number of oxazole rings is 1. The monoisotopic (exact) mass is 324 g/mol. The average Bonchev–Trinajstić information content (AvgIpc) is 2.77. The van der Waals surface area contributed by atoms with Gasteiger partial charge in [0.2, 0.25) is 0 Å². The highest BCUT2D eigenvalue weighted by molar-refractivity contribution is 9.10. The molecule has 1 aromatic carbocycles. The fourth-order valence-corrected chi connectivity index (χ4v) is 1.64.